The Labute approximate surface area is 119 Å². The normalized spacial score (nSPS) is 18.7. The fraction of sp³-hybridized carbons (Fsp3) is 0.375. The number of thiophene rings is 1. The molecule has 1 aliphatic heterocycles. The fourth-order valence-corrected chi connectivity index (χ4v) is 3.40. The standard InChI is InChI=1S/C16H20N2S/c1-18(11-13-8-9-19-12-13)15-7-6-14-4-2-3-5-16(14)17-10-15/h2-5,8-9,12,15,17H,6-7,10-11H2,1H3. The maximum Gasteiger partial charge on any atom is 0.0373 e. The summed E-state index contributed by atoms with van der Waals surface area (Å²) >= 11 is 1.78. The average molecular weight is 272 g/mol. The Bertz CT molecular complexity index is 494. The third-order valence-electron chi connectivity index (χ3n) is 3.93. The topological polar surface area (TPSA) is 15.3 Å². The maximum absolute atomic E-state index is 3.60. The number of nitrogens with zero attached hydrogens (tertiary/aromatic N) is 1. The Kier molecular flexibility index (Phi) is 3.85. The van der Waals surface area contributed by atoms with E-state index >= 15 is 0 Å². The van der Waals surface area contributed by atoms with Crippen LogP contribution in [0.3, 0.4) is 0 Å². The van der Waals surface area contributed by atoms with Crippen LogP contribution in [-0.4, -0.2) is 24.5 Å². The number of likely N-dealkylation sites (N-methyl/N-ethyl adjacent to an activating group) is 1. The van der Waals surface area contributed by atoms with Crippen LogP contribution in [0.4, 0.5) is 5.69 Å². The molecule has 0 saturated heterocycles. The first-order valence-electron chi connectivity index (χ1n) is 6.86. The number of benzene rings is 1. The number of hydrogen-bond acceptors (Lipinski definition) is 3. The van der Waals surface area contributed by atoms with Gasteiger partial charge in [0, 0.05) is 24.8 Å². The first kappa shape index (κ1) is 12.7. The zero-order valence-corrected chi connectivity index (χ0v) is 12.1. The van der Waals surface area contributed by atoms with Crippen molar-refractivity contribution in [2.75, 3.05) is 18.9 Å². The summed E-state index contributed by atoms with van der Waals surface area (Å²) in [4.78, 5) is 2.47. The van der Waals surface area contributed by atoms with E-state index in [0.29, 0.717) is 6.04 Å². The van der Waals surface area contributed by atoms with Crippen LogP contribution < -0.4 is 5.32 Å². The van der Waals surface area contributed by atoms with Gasteiger partial charge in [-0.1, -0.05) is 18.2 Å². The molecule has 0 aliphatic carbocycles. The van der Waals surface area contributed by atoms with E-state index in [9.17, 15) is 0 Å². The van der Waals surface area contributed by atoms with E-state index in [0.717, 1.165) is 13.1 Å². The number of nitrogens with one attached hydrogen (secondary N) is 1. The van der Waals surface area contributed by atoms with Crippen LogP contribution in [0.15, 0.2) is 41.1 Å². The van der Waals surface area contributed by atoms with Gasteiger partial charge in [-0.25, -0.2) is 0 Å². The minimum Gasteiger partial charge on any atom is -0.383 e. The molecule has 100 valence electrons. The minimum absolute atomic E-state index is 0.604. The van der Waals surface area contributed by atoms with E-state index in [4.69, 9.17) is 0 Å². The van der Waals surface area contributed by atoms with E-state index in [2.05, 4.69) is 58.4 Å². The molecule has 2 nitrogen and oxygen atoms in total. The van der Waals surface area contributed by atoms with Crippen molar-refractivity contribution in [3.8, 4) is 0 Å². The van der Waals surface area contributed by atoms with Gasteiger partial charge in [0.2, 0.25) is 0 Å². The molecule has 1 N–H and O–H groups in total. The molecule has 0 amide bonds. The van der Waals surface area contributed by atoms with Gasteiger partial charge in [0.25, 0.3) is 0 Å². The number of para-hydroxylation sites is 1. The summed E-state index contributed by atoms with van der Waals surface area (Å²) in [6, 6.07) is 11.5. The van der Waals surface area contributed by atoms with Gasteiger partial charge in [-0.3, -0.25) is 4.90 Å². The lowest BCUT2D eigenvalue weighted by Gasteiger charge is -2.26. The van der Waals surface area contributed by atoms with Gasteiger partial charge in [-0.05, 0) is 53.9 Å². The van der Waals surface area contributed by atoms with Crippen molar-refractivity contribution in [2.45, 2.75) is 25.4 Å². The van der Waals surface area contributed by atoms with E-state index < -0.39 is 0 Å². The molecule has 1 atom stereocenters. The molecule has 1 unspecified atom stereocenters. The Morgan fingerprint density at radius 3 is 3.05 bits per heavy atom. The SMILES string of the molecule is CN(Cc1ccsc1)C1CCc2ccccc2NC1. The van der Waals surface area contributed by atoms with Crippen molar-refractivity contribution in [1.29, 1.82) is 0 Å². The molecule has 2 heterocycles. The lowest BCUT2D eigenvalue weighted by molar-refractivity contribution is 0.234. The average Bonchev–Trinajstić information content (AvgIpc) is 2.83. The summed E-state index contributed by atoms with van der Waals surface area (Å²) in [5, 5.41) is 8.00. The first-order chi connectivity index (χ1) is 9.33. The molecule has 1 aromatic heterocycles. The Morgan fingerprint density at radius 2 is 2.21 bits per heavy atom. The molecule has 2 aromatic rings. The maximum atomic E-state index is 3.60. The third kappa shape index (κ3) is 2.99. The molecular formula is C16H20N2S. The van der Waals surface area contributed by atoms with Crippen LogP contribution in [-0.2, 0) is 13.0 Å². The van der Waals surface area contributed by atoms with Gasteiger partial charge in [0.15, 0.2) is 0 Å². The number of hydrogen-bond donors (Lipinski definition) is 1. The van der Waals surface area contributed by atoms with Gasteiger partial charge in [-0.2, -0.15) is 11.3 Å². The number of rotatable bonds is 3. The van der Waals surface area contributed by atoms with E-state index in [-0.39, 0.29) is 0 Å². The Hall–Kier alpha value is -1.32. The molecule has 0 bridgehead atoms. The number of anilines is 1. The molecule has 3 rings (SSSR count). The molecule has 3 heteroatoms. The van der Waals surface area contributed by atoms with E-state index in [1.807, 2.05) is 0 Å². The third-order valence-corrected chi connectivity index (χ3v) is 4.66. The minimum atomic E-state index is 0.604. The van der Waals surface area contributed by atoms with Crippen molar-refractivity contribution < 1.29 is 0 Å². The molecule has 0 fully saturated rings. The molecule has 1 aromatic carbocycles. The van der Waals surface area contributed by atoms with Gasteiger partial charge >= 0.3 is 0 Å². The highest BCUT2D eigenvalue weighted by Gasteiger charge is 2.19. The van der Waals surface area contributed by atoms with Gasteiger partial charge < -0.3 is 5.32 Å². The highest BCUT2D eigenvalue weighted by Crippen LogP contribution is 2.23. The second-order valence-corrected chi connectivity index (χ2v) is 6.06. The fourth-order valence-electron chi connectivity index (χ4n) is 2.74. The van der Waals surface area contributed by atoms with Gasteiger partial charge in [0.05, 0.1) is 0 Å². The predicted molar refractivity (Wildman–Crippen MR) is 82.8 cm³/mol. The van der Waals surface area contributed by atoms with Crippen LogP contribution in [0.25, 0.3) is 0 Å². The largest absolute Gasteiger partial charge is 0.383 e. The summed E-state index contributed by atoms with van der Waals surface area (Å²) in [6.07, 6.45) is 2.40. The van der Waals surface area contributed by atoms with Crippen molar-refractivity contribution in [1.82, 2.24) is 4.90 Å². The summed E-state index contributed by atoms with van der Waals surface area (Å²) in [5.41, 5.74) is 4.19. The van der Waals surface area contributed by atoms with E-state index in [1.54, 1.807) is 11.3 Å². The van der Waals surface area contributed by atoms with Crippen LogP contribution in [0, 0.1) is 0 Å². The van der Waals surface area contributed by atoms with E-state index in [1.165, 1.54) is 29.7 Å². The second-order valence-electron chi connectivity index (χ2n) is 5.28. The molecule has 1 aliphatic rings. The summed E-state index contributed by atoms with van der Waals surface area (Å²) in [7, 11) is 2.24. The number of fused-ring (bicyclic) bond motifs is 1. The van der Waals surface area contributed by atoms with Crippen LogP contribution in [0.5, 0.6) is 0 Å². The molecule has 0 saturated carbocycles. The second kappa shape index (κ2) is 5.76. The zero-order chi connectivity index (χ0) is 13.1. The van der Waals surface area contributed by atoms with Crippen molar-refractivity contribution in [3.05, 3.63) is 52.2 Å². The summed E-state index contributed by atoms with van der Waals surface area (Å²) in [6.45, 7) is 2.09. The molecule has 19 heavy (non-hydrogen) atoms. The molecule has 0 spiro atoms. The molecular weight excluding hydrogens is 252 g/mol. The Balaban J connectivity index is 1.65. The smallest absolute Gasteiger partial charge is 0.0373 e. The quantitative estimate of drug-likeness (QED) is 0.918. The summed E-state index contributed by atoms with van der Waals surface area (Å²) < 4.78 is 0. The summed E-state index contributed by atoms with van der Waals surface area (Å²) in [5.74, 6) is 0. The van der Waals surface area contributed by atoms with Gasteiger partial charge in [0.1, 0.15) is 0 Å². The van der Waals surface area contributed by atoms with Crippen molar-refractivity contribution in [3.63, 3.8) is 0 Å². The highest BCUT2D eigenvalue weighted by molar-refractivity contribution is 7.07. The zero-order valence-electron chi connectivity index (χ0n) is 11.3. The first-order valence-corrected chi connectivity index (χ1v) is 7.80. The lowest BCUT2D eigenvalue weighted by Crippen LogP contribution is -2.36. The monoisotopic (exact) mass is 272 g/mol. The van der Waals surface area contributed by atoms with Crippen LogP contribution >= 0.6 is 11.3 Å². The van der Waals surface area contributed by atoms with Crippen molar-refractivity contribution in [2.24, 2.45) is 0 Å². The Morgan fingerprint density at radius 1 is 1.32 bits per heavy atom. The van der Waals surface area contributed by atoms with Crippen LogP contribution in [0.1, 0.15) is 17.5 Å². The number of aryl methyl sites for hydroxylation is 1. The lowest BCUT2D eigenvalue weighted by atomic mass is 10.1. The van der Waals surface area contributed by atoms with Gasteiger partial charge in [-0.15, -0.1) is 0 Å². The van der Waals surface area contributed by atoms with Crippen molar-refractivity contribution >= 4 is 17.0 Å². The molecule has 0 radical (unpaired) electrons. The predicted octanol–water partition coefficient (Wildman–Crippen LogP) is 3.61. The highest BCUT2D eigenvalue weighted by atomic mass is 32.1. The van der Waals surface area contributed by atoms with Crippen LogP contribution in [0.2, 0.25) is 0 Å².